The van der Waals surface area contributed by atoms with Crippen molar-refractivity contribution in [1.29, 1.82) is 0 Å². The summed E-state index contributed by atoms with van der Waals surface area (Å²) in [5.41, 5.74) is 12.6. The minimum Gasteiger partial charge on any atom is -0.496 e. The van der Waals surface area contributed by atoms with E-state index in [9.17, 15) is 9.59 Å². The number of anilines is 4. The Balaban J connectivity index is 0.943. The fraction of sp³-hybridized carbons (Fsp3) is 0.328. The van der Waals surface area contributed by atoms with Crippen LogP contribution >= 0.6 is 11.8 Å². The first-order valence-corrected chi connectivity index (χ1v) is 28.4. The smallest absolute Gasteiger partial charge is 0.347 e. The van der Waals surface area contributed by atoms with Gasteiger partial charge in [-0.25, -0.2) is 9.78 Å². The van der Waals surface area contributed by atoms with Crippen molar-refractivity contribution in [3.05, 3.63) is 177 Å². The molecule has 400 valence electrons. The number of benzene rings is 6. The van der Waals surface area contributed by atoms with Gasteiger partial charge in [-0.2, -0.15) is 0 Å². The number of fused-ring (bicyclic) bond motifs is 2. The van der Waals surface area contributed by atoms with Gasteiger partial charge in [0.25, 0.3) is 0 Å². The number of allylic oxidation sites excluding steroid dienone is 1. The summed E-state index contributed by atoms with van der Waals surface area (Å²) < 4.78 is 24.4. The number of aromatic nitrogens is 1. The van der Waals surface area contributed by atoms with Gasteiger partial charge >= 0.3 is 5.63 Å². The van der Waals surface area contributed by atoms with Gasteiger partial charge in [0.05, 0.1) is 12.7 Å². The van der Waals surface area contributed by atoms with Gasteiger partial charge in [0.1, 0.15) is 33.9 Å². The normalized spacial score (nSPS) is 11.6. The highest BCUT2D eigenvalue weighted by Gasteiger charge is 2.20. The molecule has 0 unspecified atom stereocenters. The Morgan fingerprint density at radius 3 is 1.82 bits per heavy atom. The third-order valence-corrected chi connectivity index (χ3v) is 15.3. The van der Waals surface area contributed by atoms with Crippen LogP contribution in [0.25, 0.3) is 39.5 Å². The molecular weight excluding hydrogens is 975 g/mol. The molecule has 0 saturated carbocycles. The number of carbonyl (C=O) groups is 1. The van der Waals surface area contributed by atoms with Crippen LogP contribution in [0.2, 0.25) is 0 Å². The highest BCUT2D eigenvalue weighted by molar-refractivity contribution is 7.99. The van der Waals surface area contributed by atoms with Crippen molar-refractivity contribution in [2.45, 2.75) is 135 Å². The van der Waals surface area contributed by atoms with Crippen molar-refractivity contribution in [2.75, 3.05) is 30.0 Å². The van der Waals surface area contributed by atoms with Crippen LogP contribution in [0.5, 0.6) is 11.5 Å². The Bertz CT molecular complexity index is 3440. The lowest BCUT2D eigenvalue weighted by Crippen LogP contribution is -2.19. The van der Waals surface area contributed by atoms with Crippen LogP contribution < -0.4 is 24.9 Å². The van der Waals surface area contributed by atoms with Gasteiger partial charge in [-0.3, -0.25) is 4.79 Å². The Kier molecular flexibility index (Phi) is 19.4. The van der Waals surface area contributed by atoms with Gasteiger partial charge in [-0.1, -0.05) is 132 Å². The molecule has 9 nitrogen and oxygen atoms in total. The van der Waals surface area contributed by atoms with E-state index in [1.54, 1.807) is 31.0 Å². The molecule has 0 spiro atoms. The highest BCUT2D eigenvalue weighted by atomic mass is 32.2. The summed E-state index contributed by atoms with van der Waals surface area (Å²) in [4.78, 5) is 37.7. The standard InChI is InChI=1S/C67H75N3O6S/c1-10-12-14-16-18-20-34-69(60-30-22-45(3)36-47(60)5)54-26-24-51(64(41-54)73-9)39-53(44-71)66-68-59-43-57(29-33-63(59)75-66)77-56-28-32-62(49(7)38-56)74-50(8)58-40-52-25-27-55(42-65(52)76-67(58)72)70(35-21-19-17-15-13-11-2)61-31-23-46(4)37-48(61)6/h22-33,36-44H,8,10-21,34-35H2,1-7,9H3/b53-39+. The van der Waals surface area contributed by atoms with E-state index in [0.717, 1.165) is 75.6 Å². The van der Waals surface area contributed by atoms with Gasteiger partial charge < -0.3 is 28.1 Å². The molecule has 2 aromatic heterocycles. The predicted molar refractivity (Wildman–Crippen MR) is 321 cm³/mol. The molecule has 0 bridgehead atoms. The first kappa shape index (κ1) is 55.9. The quantitative estimate of drug-likeness (QED) is 0.0163. The summed E-state index contributed by atoms with van der Waals surface area (Å²) in [6, 6.07) is 38.8. The molecular formula is C67H75N3O6S. The van der Waals surface area contributed by atoms with E-state index in [0.29, 0.717) is 33.8 Å². The van der Waals surface area contributed by atoms with Crippen molar-refractivity contribution in [3.63, 3.8) is 0 Å². The Morgan fingerprint density at radius 1 is 0.610 bits per heavy atom. The van der Waals surface area contributed by atoms with E-state index in [-0.39, 0.29) is 17.2 Å². The summed E-state index contributed by atoms with van der Waals surface area (Å²) >= 11 is 1.57. The number of carbonyl (C=O) groups excluding carboxylic acids is 1. The third kappa shape index (κ3) is 14.2. The maximum atomic E-state index is 13.6. The highest BCUT2D eigenvalue weighted by Crippen LogP contribution is 2.38. The number of aldehydes is 1. The lowest BCUT2D eigenvalue weighted by atomic mass is 10.1. The Labute approximate surface area is 460 Å². The van der Waals surface area contributed by atoms with Gasteiger partial charge in [-0.15, -0.1) is 0 Å². The maximum absolute atomic E-state index is 13.6. The molecule has 0 aliphatic rings. The fourth-order valence-corrected chi connectivity index (χ4v) is 11.0. The molecule has 10 heteroatoms. The maximum Gasteiger partial charge on any atom is 0.347 e. The number of ether oxygens (including phenoxy) is 2. The number of oxazole rings is 1. The first-order chi connectivity index (χ1) is 37.3. The number of hydrogen-bond acceptors (Lipinski definition) is 10. The zero-order chi connectivity index (χ0) is 54.4. The van der Waals surface area contributed by atoms with E-state index in [1.165, 1.54) is 92.1 Å². The Morgan fingerprint density at radius 2 is 1.21 bits per heavy atom. The molecule has 0 saturated heterocycles. The number of methoxy groups -OCH3 is 1. The molecule has 2 heterocycles. The summed E-state index contributed by atoms with van der Waals surface area (Å²) in [5.74, 6) is 1.66. The number of hydrogen-bond donors (Lipinski definition) is 0. The molecule has 0 amide bonds. The van der Waals surface area contributed by atoms with E-state index < -0.39 is 5.63 Å². The molecule has 0 N–H and O–H groups in total. The zero-order valence-electron chi connectivity index (χ0n) is 46.4. The topological polar surface area (TPSA) is 98.2 Å². The number of rotatable bonds is 27. The van der Waals surface area contributed by atoms with Crippen molar-refractivity contribution < 1.29 is 23.1 Å². The fourth-order valence-electron chi connectivity index (χ4n) is 10.1. The molecule has 8 rings (SSSR count). The molecule has 0 atom stereocenters. The summed E-state index contributed by atoms with van der Waals surface area (Å²) in [6.45, 7) is 20.9. The summed E-state index contributed by atoms with van der Waals surface area (Å²) in [6.07, 6.45) is 17.1. The number of aryl methyl sites for hydroxylation is 5. The second kappa shape index (κ2) is 26.6. The number of nitrogens with zero attached hydrogens (tertiary/aromatic N) is 3. The van der Waals surface area contributed by atoms with Crippen LogP contribution in [0.4, 0.5) is 22.7 Å². The van der Waals surface area contributed by atoms with Crippen LogP contribution in [-0.4, -0.2) is 31.5 Å². The van der Waals surface area contributed by atoms with Crippen LogP contribution in [0.3, 0.4) is 0 Å². The van der Waals surface area contributed by atoms with E-state index in [1.807, 2.05) is 67.6 Å². The molecule has 8 aromatic rings. The van der Waals surface area contributed by atoms with Crippen molar-refractivity contribution >= 4 is 80.3 Å². The van der Waals surface area contributed by atoms with E-state index >= 15 is 0 Å². The van der Waals surface area contributed by atoms with Crippen molar-refractivity contribution in [1.82, 2.24) is 4.98 Å². The third-order valence-electron chi connectivity index (χ3n) is 14.3. The molecule has 0 fully saturated rings. The lowest BCUT2D eigenvalue weighted by Gasteiger charge is -2.28. The summed E-state index contributed by atoms with van der Waals surface area (Å²) in [5, 5.41) is 0.784. The molecule has 0 aliphatic carbocycles. The second-order valence-electron chi connectivity index (χ2n) is 20.4. The zero-order valence-corrected chi connectivity index (χ0v) is 47.2. The van der Waals surface area contributed by atoms with Crippen molar-refractivity contribution in [2.24, 2.45) is 0 Å². The van der Waals surface area contributed by atoms with Crippen molar-refractivity contribution in [3.8, 4) is 11.5 Å². The largest absolute Gasteiger partial charge is 0.496 e. The number of unbranched alkanes of at least 4 members (excludes halogenated alkanes) is 10. The molecule has 0 radical (unpaired) electrons. The van der Waals surface area contributed by atoms with Crippen LogP contribution in [0, 0.1) is 34.6 Å². The van der Waals surface area contributed by atoms with Gasteiger partial charge in [-0.05, 0) is 149 Å². The molecule has 6 aromatic carbocycles. The molecule has 77 heavy (non-hydrogen) atoms. The SMILES string of the molecule is C=C(Oc1ccc(Sc2ccc3oc(/C(C=O)=C/c4ccc(N(CCCCCCCC)c5ccc(C)cc5C)cc4OC)nc3c2)cc1C)c1cc2ccc(N(CCCCCCCC)c3ccc(C)cc3C)cc2oc1=O. The van der Waals surface area contributed by atoms with Crippen LogP contribution in [0.15, 0.2) is 145 Å². The lowest BCUT2D eigenvalue weighted by molar-refractivity contribution is -0.103. The van der Waals surface area contributed by atoms with Gasteiger partial charge in [0.15, 0.2) is 11.9 Å². The van der Waals surface area contributed by atoms with Crippen LogP contribution in [-0.2, 0) is 4.79 Å². The minimum atomic E-state index is -0.510. The second-order valence-corrected chi connectivity index (χ2v) is 21.6. The van der Waals surface area contributed by atoms with Crippen LogP contribution in [0.1, 0.15) is 136 Å². The van der Waals surface area contributed by atoms with Gasteiger partial charge in [0, 0.05) is 68.7 Å². The summed E-state index contributed by atoms with van der Waals surface area (Å²) in [7, 11) is 1.65. The minimum absolute atomic E-state index is 0.207. The van der Waals surface area contributed by atoms with E-state index in [4.69, 9.17) is 23.3 Å². The first-order valence-electron chi connectivity index (χ1n) is 27.5. The average molecular weight is 1050 g/mol. The molecule has 0 aliphatic heterocycles. The Hall–Kier alpha value is -7.30. The predicted octanol–water partition coefficient (Wildman–Crippen LogP) is 18.4. The average Bonchev–Trinajstić information content (AvgIpc) is 3.85. The van der Waals surface area contributed by atoms with Gasteiger partial charge in [0.2, 0.25) is 5.89 Å². The monoisotopic (exact) mass is 1050 g/mol. The van der Waals surface area contributed by atoms with E-state index in [2.05, 4.69) is 106 Å².